The van der Waals surface area contributed by atoms with Crippen LogP contribution in [0.3, 0.4) is 0 Å². The van der Waals surface area contributed by atoms with Crippen LogP contribution in [0.5, 0.6) is 0 Å². The first kappa shape index (κ1) is 19.1. The molecule has 1 atom stereocenters. The van der Waals surface area contributed by atoms with Gasteiger partial charge in [0.15, 0.2) is 0 Å². The molecule has 2 aliphatic rings. The highest BCUT2D eigenvalue weighted by molar-refractivity contribution is 7.76. The lowest BCUT2D eigenvalue weighted by Crippen LogP contribution is -2.37. The van der Waals surface area contributed by atoms with E-state index in [4.69, 9.17) is 4.74 Å². The molecule has 0 bridgehead atoms. The second-order valence-electron chi connectivity index (χ2n) is 7.16. The predicted octanol–water partition coefficient (Wildman–Crippen LogP) is 3.96. The van der Waals surface area contributed by atoms with Gasteiger partial charge in [-0.3, -0.25) is 4.90 Å². The number of hydrogen-bond donors (Lipinski definition) is 0. The Bertz CT molecular complexity index is 653. The average molecular weight is 376 g/mol. The van der Waals surface area contributed by atoms with Crippen LogP contribution in [0.2, 0.25) is 0 Å². The summed E-state index contributed by atoms with van der Waals surface area (Å²) in [6.45, 7) is 3.03. The van der Waals surface area contributed by atoms with Gasteiger partial charge in [-0.25, -0.2) is 0 Å². The molecule has 1 aliphatic carbocycles. The number of nitrogens with zero attached hydrogens (tertiary/aromatic N) is 1. The molecule has 1 aliphatic heterocycles. The van der Waals surface area contributed by atoms with Crippen LogP contribution >= 0.6 is 7.92 Å². The highest BCUT2D eigenvalue weighted by Crippen LogP contribution is 2.56. The summed E-state index contributed by atoms with van der Waals surface area (Å²) in [4.78, 5) is 2.60. The normalized spacial score (nSPS) is 22.1. The van der Waals surface area contributed by atoms with Crippen molar-refractivity contribution >= 4 is 18.5 Å². The summed E-state index contributed by atoms with van der Waals surface area (Å²) in [6.07, 6.45) is 9.40. The summed E-state index contributed by atoms with van der Waals surface area (Å²) in [5.41, 5.74) is 1.49. The Labute approximate surface area is 165 Å². The summed E-state index contributed by atoms with van der Waals surface area (Å²) in [7, 11) is 1.28. The van der Waals surface area contributed by atoms with Crippen molar-refractivity contribution < 1.29 is 4.74 Å². The maximum Gasteiger partial charge on any atom is 0.0618 e. The highest BCUT2D eigenvalue weighted by Gasteiger charge is 2.39. The van der Waals surface area contributed by atoms with Crippen molar-refractivity contribution in [2.75, 3.05) is 26.8 Å². The summed E-state index contributed by atoms with van der Waals surface area (Å²) in [5.74, 6) is 1.47. The zero-order valence-electron chi connectivity index (χ0n) is 15.9. The number of likely N-dealkylation sites (tertiary alicyclic amines) is 1. The van der Waals surface area contributed by atoms with Crippen molar-refractivity contribution in [3.05, 3.63) is 91.5 Å². The number of hydrogen-bond acceptors (Lipinski definition) is 2. The molecular formula is C24H27NOP. The van der Waals surface area contributed by atoms with E-state index in [0.717, 1.165) is 13.2 Å². The number of rotatable bonds is 7. The van der Waals surface area contributed by atoms with Crippen LogP contribution in [0.1, 0.15) is 12.8 Å². The van der Waals surface area contributed by atoms with Crippen LogP contribution in [0.4, 0.5) is 0 Å². The van der Waals surface area contributed by atoms with Gasteiger partial charge < -0.3 is 4.74 Å². The van der Waals surface area contributed by atoms with Gasteiger partial charge >= 0.3 is 0 Å². The fraction of sp³-hybridized carbons (Fsp3) is 0.292. The molecule has 0 unspecified atom stereocenters. The highest BCUT2D eigenvalue weighted by atomic mass is 31.1. The van der Waals surface area contributed by atoms with E-state index in [2.05, 4.69) is 84.8 Å². The van der Waals surface area contributed by atoms with Crippen LogP contribution in [0, 0.1) is 30.8 Å². The Balaban J connectivity index is 1.57. The standard InChI is InChI=1S/C24H27NOP/c1-26-19-21-11-9-17-25(21)18-20-10-8-16-24(20)27(22-12-4-2-5-13-22)23-14-6-3-7-15-23/h2-8,10,12-16,21H,9,11,17-19H2,1H3/t21-/m0/s1. The number of ether oxygens (including phenoxy) is 1. The third-order valence-electron chi connectivity index (χ3n) is 5.38. The van der Waals surface area contributed by atoms with E-state index in [9.17, 15) is 0 Å². The topological polar surface area (TPSA) is 12.5 Å². The second kappa shape index (κ2) is 9.32. The summed E-state index contributed by atoms with van der Waals surface area (Å²) in [5, 5.41) is 2.84. The van der Waals surface area contributed by atoms with Crippen LogP contribution in [-0.2, 0) is 4.74 Å². The van der Waals surface area contributed by atoms with Gasteiger partial charge in [0.25, 0.3) is 0 Å². The molecule has 3 heteroatoms. The Morgan fingerprint density at radius 2 is 1.63 bits per heavy atom. The lowest BCUT2D eigenvalue weighted by Gasteiger charge is -2.33. The molecule has 27 heavy (non-hydrogen) atoms. The lowest BCUT2D eigenvalue weighted by molar-refractivity contribution is 0.119. The Morgan fingerprint density at radius 3 is 2.26 bits per heavy atom. The first-order chi connectivity index (χ1) is 13.4. The van der Waals surface area contributed by atoms with Gasteiger partial charge in [-0.05, 0) is 57.2 Å². The van der Waals surface area contributed by atoms with Crippen LogP contribution in [0.15, 0.2) is 60.7 Å². The van der Waals surface area contributed by atoms with Crippen molar-refractivity contribution in [3.63, 3.8) is 0 Å². The van der Waals surface area contributed by atoms with Crippen molar-refractivity contribution in [1.29, 1.82) is 0 Å². The van der Waals surface area contributed by atoms with E-state index in [1.54, 1.807) is 0 Å². The van der Waals surface area contributed by atoms with E-state index in [-0.39, 0.29) is 0 Å². The van der Waals surface area contributed by atoms with Gasteiger partial charge in [0.05, 0.1) is 6.61 Å². The van der Waals surface area contributed by atoms with Gasteiger partial charge in [0.1, 0.15) is 0 Å². The van der Waals surface area contributed by atoms with Gasteiger partial charge in [0.2, 0.25) is 0 Å². The molecule has 2 nitrogen and oxygen atoms in total. The van der Waals surface area contributed by atoms with E-state index in [0.29, 0.717) is 6.04 Å². The molecular weight excluding hydrogens is 349 g/mol. The first-order valence-electron chi connectivity index (χ1n) is 9.74. The zero-order valence-corrected chi connectivity index (χ0v) is 16.8. The molecule has 2 aromatic carbocycles. The molecule has 2 fully saturated rings. The lowest BCUT2D eigenvalue weighted by atomic mass is 10.1. The third kappa shape index (κ3) is 4.45. The Morgan fingerprint density at radius 1 is 0.963 bits per heavy atom. The molecule has 139 valence electrons. The van der Waals surface area contributed by atoms with Crippen molar-refractivity contribution in [2.45, 2.75) is 18.9 Å². The summed E-state index contributed by atoms with van der Waals surface area (Å²) >= 11 is 0. The van der Waals surface area contributed by atoms with Crippen molar-refractivity contribution in [2.24, 2.45) is 0 Å². The minimum absolute atomic E-state index is 0.530. The molecule has 5 radical (unpaired) electrons. The smallest absolute Gasteiger partial charge is 0.0618 e. The molecule has 1 heterocycles. The van der Waals surface area contributed by atoms with Gasteiger partial charge in [-0.1, -0.05) is 60.7 Å². The number of methoxy groups -OCH3 is 1. The Kier molecular flexibility index (Phi) is 6.60. The van der Waals surface area contributed by atoms with Crippen molar-refractivity contribution in [1.82, 2.24) is 4.90 Å². The molecule has 1 saturated carbocycles. The zero-order chi connectivity index (χ0) is 18.5. The number of benzene rings is 2. The molecule has 4 rings (SSSR count). The van der Waals surface area contributed by atoms with E-state index in [1.807, 2.05) is 7.11 Å². The first-order valence-corrected chi connectivity index (χ1v) is 11.1. The quantitative estimate of drug-likeness (QED) is 0.678. The molecule has 0 N–H and O–H groups in total. The molecule has 1 saturated heterocycles. The monoisotopic (exact) mass is 376 g/mol. The maximum atomic E-state index is 5.45. The van der Waals surface area contributed by atoms with Crippen molar-refractivity contribution in [3.8, 4) is 0 Å². The SMILES string of the molecule is COC[C@@H]1CCCN1C[C]1[CH][CH][CH][C]1P(c1ccccc1)c1ccccc1. The van der Waals surface area contributed by atoms with Gasteiger partial charge in [-0.2, -0.15) is 0 Å². The molecule has 2 aromatic rings. The predicted molar refractivity (Wildman–Crippen MR) is 115 cm³/mol. The van der Waals surface area contributed by atoms with E-state index >= 15 is 0 Å². The van der Waals surface area contributed by atoms with Crippen LogP contribution < -0.4 is 10.6 Å². The molecule has 0 aromatic heterocycles. The fourth-order valence-electron chi connectivity index (χ4n) is 4.08. The minimum atomic E-state index is -0.530. The molecule has 0 amide bonds. The second-order valence-corrected chi connectivity index (χ2v) is 9.35. The van der Waals surface area contributed by atoms with Crippen LogP contribution in [-0.4, -0.2) is 37.7 Å². The fourth-order valence-corrected chi connectivity index (χ4v) is 6.55. The Hall–Kier alpha value is -1.21. The third-order valence-corrected chi connectivity index (χ3v) is 7.93. The average Bonchev–Trinajstić information content (AvgIpc) is 3.35. The van der Waals surface area contributed by atoms with Crippen LogP contribution in [0.25, 0.3) is 0 Å². The van der Waals surface area contributed by atoms with Gasteiger partial charge in [0, 0.05) is 31.3 Å². The van der Waals surface area contributed by atoms with Gasteiger partial charge in [-0.15, -0.1) is 0 Å². The summed E-state index contributed by atoms with van der Waals surface area (Å²) < 4.78 is 5.45. The van der Waals surface area contributed by atoms with E-state index in [1.165, 1.54) is 41.6 Å². The minimum Gasteiger partial charge on any atom is -0.383 e. The van der Waals surface area contributed by atoms with E-state index < -0.39 is 7.92 Å². The largest absolute Gasteiger partial charge is 0.383 e. The maximum absolute atomic E-state index is 5.45. The summed E-state index contributed by atoms with van der Waals surface area (Å²) in [6, 6.07) is 22.5. The molecule has 0 spiro atoms.